The van der Waals surface area contributed by atoms with E-state index >= 15 is 0 Å². The van der Waals surface area contributed by atoms with Gasteiger partial charge in [0.1, 0.15) is 5.75 Å². The molecule has 0 saturated carbocycles. The van der Waals surface area contributed by atoms with E-state index in [4.69, 9.17) is 0 Å². The van der Waals surface area contributed by atoms with Gasteiger partial charge in [-0.15, -0.1) is 13.2 Å². The average molecular weight is 490 g/mol. The van der Waals surface area contributed by atoms with Crippen LogP contribution in [0.15, 0.2) is 41.3 Å². The summed E-state index contributed by atoms with van der Waals surface area (Å²) in [6.07, 6.45) is -1.21. The first kappa shape index (κ1) is 24.4. The summed E-state index contributed by atoms with van der Waals surface area (Å²) in [5, 5.41) is -0.399. The summed E-state index contributed by atoms with van der Waals surface area (Å²) in [4.78, 5) is 27.5. The summed E-state index contributed by atoms with van der Waals surface area (Å²) >= 11 is 0.819. The zero-order chi connectivity index (χ0) is 25.1. The van der Waals surface area contributed by atoms with Crippen LogP contribution in [0.2, 0.25) is 0 Å². The van der Waals surface area contributed by atoms with E-state index in [1.54, 1.807) is 0 Å². The number of thioether (sulfide) groups is 1. The predicted molar refractivity (Wildman–Crippen MR) is 128 cm³/mol. The number of carbonyl (C=O) groups is 2. The number of nitrogens with zero attached hydrogens (tertiary/aromatic N) is 1. The molecule has 0 atom stereocenters. The van der Waals surface area contributed by atoms with Crippen molar-refractivity contribution in [3.63, 3.8) is 0 Å². The number of benzene rings is 2. The van der Waals surface area contributed by atoms with Gasteiger partial charge in [-0.05, 0) is 88.9 Å². The number of carbonyl (C=O) groups excluding carboxylic acids is 2. The summed E-state index contributed by atoms with van der Waals surface area (Å²) in [7, 11) is 0. The number of anilines is 1. The molecule has 1 aliphatic heterocycles. The van der Waals surface area contributed by atoms with Gasteiger partial charge in [-0.2, -0.15) is 0 Å². The van der Waals surface area contributed by atoms with Crippen molar-refractivity contribution in [3.8, 4) is 5.75 Å². The zero-order valence-corrected chi connectivity index (χ0v) is 20.5. The van der Waals surface area contributed by atoms with E-state index in [9.17, 15) is 22.8 Å². The highest BCUT2D eigenvalue weighted by Crippen LogP contribution is 2.48. The quantitative estimate of drug-likeness (QED) is 0.419. The standard InChI is InChI=1S/C26H26F3NO3S/c1-15-12-18-19(25(4,5)11-10-24(18,2)3)14-20(15)30-22(31)21(34-23(30)32)13-16-6-8-17(9-7-16)33-26(27,28)29/h6-9,12-14H,10-11H2,1-5H3/b21-13+. The highest BCUT2D eigenvalue weighted by molar-refractivity contribution is 8.19. The molecular formula is C26H26F3NO3S. The number of ether oxygens (including phenoxy) is 1. The van der Waals surface area contributed by atoms with Gasteiger partial charge in [0.25, 0.3) is 11.1 Å². The van der Waals surface area contributed by atoms with Crippen LogP contribution in [-0.2, 0) is 15.6 Å². The number of amides is 2. The Balaban J connectivity index is 1.66. The molecule has 0 aromatic heterocycles. The summed E-state index contributed by atoms with van der Waals surface area (Å²) in [6.45, 7) is 10.7. The molecule has 2 aromatic carbocycles. The van der Waals surface area contributed by atoms with Crippen LogP contribution >= 0.6 is 11.8 Å². The molecule has 2 aromatic rings. The minimum Gasteiger partial charge on any atom is -0.406 e. The predicted octanol–water partition coefficient (Wildman–Crippen LogP) is 7.48. The lowest BCUT2D eigenvalue weighted by Crippen LogP contribution is -2.35. The lowest BCUT2D eigenvalue weighted by molar-refractivity contribution is -0.274. The maximum Gasteiger partial charge on any atom is 0.573 e. The normalized spacial score (nSPS) is 20.6. The van der Waals surface area contributed by atoms with E-state index in [1.807, 2.05) is 13.0 Å². The summed E-state index contributed by atoms with van der Waals surface area (Å²) < 4.78 is 41.0. The molecule has 0 N–H and O–H groups in total. The molecule has 0 spiro atoms. The number of alkyl halides is 3. The van der Waals surface area contributed by atoms with E-state index in [1.165, 1.54) is 40.8 Å². The Morgan fingerprint density at radius 2 is 1.53 bits per heavy atom. The highest BCUT2D eigenvalue weighted by Gasteiger charge is 2.41. The van der Waals surface area contributed by atoms with Crippen molar-refractivity contribution in [2.45, 2.75) is 64.7 Å². The summed E-state index contributed by atoms with van der Waals surface area (Å²) in [5.74, 6) is -0.797. The van der Waals surface area contributed by atoms with Crippen molar-refractivity contribution in [2.75, 3.05) is 4.90 Å². The Hall–Kier alpha value is -2.74. The molecule has 2 amide bonds. The van der Waals surface area contributed by atoms with Gasteiger partial charge in [0.05, 0.1) is 10.6 Å². The second-order valence-corrected chi connectivity index (χ2v) is 11.1. The van der Waals surface area contributed by atoms with Gasteiger partial charge in [-0.3, -0.25) is 9.59 Å². The van der Waals surface area contributed by atoms with Gasteiger partial charge < -0.3 is 4.74 Å². The monoisotopic (exact) mass is 489 g/mol. The molecule has 1 aliphatic carbocycles. The van der Waals surface area contributed by atoms with Crippen LogP contribution in [0.1, 0.15) is 62.8 Å². The minimum absolute atomic E-state index is 0.00890. The molecule has 2 aliphatic rings. The van der Waals surface area contributed by atoms with Gasteiger partial charge in [-0.1, -0.05) is 45.9 Å². The van der Waals surface area contributed by atoms with Gasteiger partial charge in [0, 0.05) is 0 Å². The number of hydrogen-bond acceptors (Lipinski definition) is 4. The fraction of sp³-hybridized carbons (Fsp3) is 0.385. The number of fused-ring (bicyclic) bond motifs is 1. The van der Waals surface area contributed by atoms with Crippen molar-refractivity contribution >= 4 is 34.7 Å². The molecule has 180 valence electrons. The van der Waals surface area contributed by atoms with Crippen molar-refractivity contribution < 1.29 is 27.5 Å². The zero-order valence-electron chi connectivity index (χ0n) is 19.7. The second kappa shape index (κ2) is 8.18. The largest absolute Gasteiger partial charge is 0.573 e. The molecule has 34 heavy (non-hydrogen) atoms. The first-order valence-corrected chi connectivity index (χ1v) is 11.8. The first-order valence-electron chi connectivity index (χ1n) is 11.0. The molecule has 1 fully saturated rings. The van der Waals surface area contributed by atoms with Crippen molar-refractivity contribution in [1.29, 1.82) is 0 Å². The Bertz CT molecular complexity index is 1200. The lowest BCUT2D eigenvalue weighted by Gasteiger charge is -2.42. The Labute approximate surface area is 201 Å². The number of halogens is 3. The molecule has 4 nitrogen and oxygen atoms in total. The van der Waals surface area contributed by atoms with Crippen LogP contribution in [0.4, 0.5) is 23.7 Å². The summed E-state index contributed by atoms with van der Waals surface area (Å²) in [5.41, 5.74) is 4.23. The fourth-order valence-electron chi connectivity index (χ4n) is 4.54. The highest BCUT2D eigenvalue weighted by atomic mass is 32.2. The van der Waals surface area contributed by atoms with Crippen molar-refractivity contribution in [1.82, 2.24) is 0 Å². The van der Waals surface area contributed by atoms with Gasteiger partial charge in [-0.25, -0.2) is 4.90 Å². The number of rotatable bonds is 3. The van der Waals surface area contributed by atoms with Crippen LogP contribution in [0.25, 0.3) is 6.08 Å². The third-order valence-electron chi connectivity index (χ3n) is 6.62. The molecule has 1 heterocycles. The van der Waals surface area contributed by atoms with E-state index in [0.717, 1.165) is 35.7 Å². The van der Waals surface area contributed by atoms with Gasteiger partial charge in [0.15, 0.2) is 0 Å². The average Bonchev–Trinajstić information content (AvgIpc) is 2.99. The van der Waals surface area contributed by atoms with Crippen LogP contribution in [-0.4, -0.2) is 17.5 Å². The molecule has 1 saturated heterocycles. The molecule has 0 unspecified atom stereocenters. The Kier molecular flexibility index (Phi) is 5.87. The van der Waals surface area contributed by atoms with E-state index in [-0.39, 0.29) is 21.5 Å². The fourth-order valence-corrected chi connectivity index (χ4v) is 5.38. The smallest absolute Gasteiger partial charge is 0.406 e. The first-order chi connectivity index (χ1) is 15.7. The number of imide groups is 1. The van der Waals surface area contributed by atoms with Gasteiger partial charge in [0.2, 0.25) is 0 Å². The molecule has 8 heteroatoms. The Morgan fingerprint density at radius 1 is 0.971 bits per heavy atom. The van der Waals surface area contributed by atoms with Gasteiger partial charge >= 0.3 is 6.36 Å². The third-order valence-corrected chi connectivity index (χ3v) is 7.48. The van der Waals surface area contributed by atoms with Crippen molar-refractivity contribution in [2.24, 2.45) is 0 Å². The van der Waals surface area contributed by atoms with E-state index in [0.29, 0.717) is 11.3 Å². The minimum atomic E-state index is -4.78. The van der Waals surface area contributed by atoms with E-state index in [2.05, 4.69) is 38.5 Å². The molecule has 4 rings (SSSR count). The maximum atomic E-state index is 13.2. The Morgan fingerprint density at radius 3 is 2.09 bits per heavy atom. The molecule has 0 radical (unpaired) electrons. The summed E-state index contributed by atoms with van der Waals surface area (Å²) in [6, 6.07) is 9.22. The van der Waals surface area contributed by atoms with Crippen molar-refractivity contribution in [3.05, 3.63) is 63.6 Å². The number of hydrogen-bond donors (Lipinski definition) is 0. The van der Waals surface area contributed by atoms with Crippen LogP contribution in [0.5, 0.6) is 5.75 Å². The molecular weight excluding hydrogens is 463 g/mol. The number of aryl methyl sites for hydroxylation is 1. The lowest BCUT2D eigenvalue weighted by atomic mass is 9.63. The maximum absolute atomic E-state index is 13.2. The SMILES string of the molecule is Cc1cc2c(cc1N1C(=O)S/C(=C/c3ccc(OC(F)(F)F)cc3)C1=O)C(C)(C)CCC2(C)C. The van der Waals surface area contributed by atoms with Crippen LogP contribution in [0.3, 0.4) is 0 Å². The third kappa shape index (κ3) is 4.60. The van der Waals surface area contributed by atoms with Crippen LogP contribution < -0.4 is 9.64 Å². The molecule has 0 bridgehead atoms. The van der Waals surface area contributed by atoms with Crippen LogP contribution in [0, 0.1) is 6.92 Å². The topological polar surface area (TPSA) is 46.6 Å². The second-order valence-electron chi connectivity index (χ2n) is 10.1. The van der Waals surface area contributed by atoms with E-state index < -0.39 is 17.5 Å².